The number of aromatic nitrogens is 3. The lowest BCUT2D eigenvalue weighted by Gasteiger charge is -2.40. The van der Waals surface area contributed by atoms with Gasteiger partial charge in [-0.2, -0.15) is 0 Å². The van der Waals surface area contributed by atoms with E-state index in [-0.39, 0.29) is 27.7 Å². The number of aliphatic hydroxyl groups is 1. The van der Waals surface area contributed by atoms with Gasteiger partial charge in [-0.15, -0.1) is 0 Å². The molecule has 0 unspecified atom stereocenters. The third-order valence-electron chi connectivity index (χ3n) is 9.34. The highest BCUT2D eigenvalue weighted by Crippen LogP contribution is 2.49. The predicted octanol–water partition coefficient (Wildman–Crippen LogP) is 8.67. The molecule has 0 bridgehead atoms. The van der Waals surface area contributed by atoms with Crippen molar-refractivity contribution in [2.75, 3.05) is 0 Å². The van der Waals surface area contributed by atoms with Gasteiger partial charge in [-0.3, -0.25) is 4.98 Å². The van der Waals surface area contributed by atoms with Gasteiger partial charge in [0.25, 0.3) is 0 Å². The van der Waals surface area contributed by atoms with Crippen molar-refractivity contribution >= 4 is 8.32 Å². The molecule has 1 N–H and O–H groups in total. The van der Waals surface area contributed by atoms with Crippen molar-refractivity contribution in [3.63, 3.8) is 0 Å². The molecule has 6 heteroatoms. The zero-order valence-corrected chi connectivity index (χ0v) is 28.2. The predicted molar refractivity (Wildman–Crippen MR) is 167 cm³/mol. The number of nitrogens with zero attached hydrogens (tertiary/aromatic N) is 3. The van der Waals surface area contributed by atoms with Gasteiger partial charge in [0.05, 0.1) is 5.76 Å². The van der Waals surface area contributed by atoms with Crippen LogP contribution in [0.4, 0.5) is 0 Å². The van der Waals surface area contributed by atoms with Crippen LogP contribution in [0.25, 0.3) is 0 Å². The molecular formula is C34H53N3O2Si. The van der Waals surface area contributed by atoms with E-state index in [0.29, 0.717) is 0 Å². The summed E-state index contributed by atoms with van der Waals surface area (Å²) in [5.41, 5.74) is 6.55. The van der Waals surface area contributed by atoms with E-state index in [0.717, 1.165) is 60.5 Å². The van der Waals surface area contributed by atoms with Gasteiger partial charge in [0, 0.05) is 46.2 Å². The van der Waals surface area contributed by atoms with E-state index in [1.807, 2.05) is 12.4 Å². The Morgan fingerprint density at radius 1 is 1.05 bits per heavy atom. The highest BCUT2D eigenvalue weighted by molar-refractivity contribution is 6.74. The van der Waals surface area contributed by atoms with Crippen LogP contribution < -0.4 is 0 Å². The van der Waals surface area contributed by atoms with Gasteiger partial charge in [0.2, 0.25) is 8.32 Å². The Hall–Kier alpha value is -2.05. The van der Waals surface area contributed by atoms with E-state index in [1.54, 1.807) is 0 Å². The Morgan fingerprint density at radius 3 is 2.23 bits per heavy atom. The summed E-state index contributed by atoms with van der Waals surface area (Å²) >= 11 is 0. The second-order valence-electron chi connectivity index (χ2n) is 15.8. The zero-order chi connectivity index (χ0) is 29.8. The molecule has 0 aromatic carbocycles. The Morgan fingerprint density at radius 2 is 1.68 bits per heavy atom. The topological polar surface area (TPSA) is 68.1 Å². The fourth-order valence-corrected chi connectivity index (χ4v) is 6.96. The first-order valence-electron chi connectivity index (χ1n) is 15.3. The summed E-state index contributed by atoms with van der Waals surface area (Å²) in [5.74, 6) is 2.18. The number of aliphatic hydroxyl groups excluding tert-OH is 1. The van der Waals surface area contributed by atoms with Crippen LogP contribution in [0.3, 0.4) is 0 Å². The molecule has 0 spiro atoms. The smallest absolute Gasteiger partial charge is 0.250 e. The largest absolute Gasteiger partial charge is 0.546 e. The molecule has 0 saturated carbocycles. The Kier molecular flexibility index (Phi) is 8.23. The minimum absolute atomic E-state index is 0.111. The van der Waals surface area contributed by atoms with Gasteiger partial charge < -0.3 is 9.53 Å². The molecule has 0 saturated heterocycles. The second kappa shape index (κ2) is 10.7. The molecule has 0 radical (unpaired) electrons. The van der Waals surface area contributed by atoms with Gasteiger partial charge >= 0.3 is 0 Å². The summed E-state index contributed by atoms with van der Waals surface area (Å²) < 4.78 is 7.03. The average Bonchev–Trinajstić information content (AvgIpc) is 3.27. The first-order valence-corrected chi connectivity index (χ1v) is 18.2. The number of pyridine rings is 1. The van der Waals surface area contributed by atoms with Gasteiger partial charge in [-0.1, -0.05) is 69.2 Å². The third-order valence-corrected chi connectivity index (χ3v) is 13.7. The molecule has 0 amide bonds. The molecule has 2 aromatic rings. The molecule has 0 aliphatic heterocycles. The van der Waals surface area contributed by atoms with Crippen LogP contribution in [0.1, 0.15) is 146 Å². The van der Waals surface area contributed by atoms with Crippen LogP contribution in [0.5, 0.6) is 0 Å². The Labute approximate surface area is 244 Å². The summed E-state index contributed by atoms with van der Waals surface area (Å²) in [6.45, 7) is 27.0. The summed E-state index contributed by atoms with van der Waals surface area (Å²) in [7, 11) is -2.04. The van der Waals surface area contributed by atoms with Gasteiger partial charge in [0.1, 0.15) is 11.9 Å². The van der Waals surface area contributed by atoms with Crippen molar-refractivity contribution in [2.45, 2.75) is 143 Å². The van der Waals surface area contributed by atoms with Crippen molar-refractivity contribution in [2.24, 2.45) is 5.41 Å². The highest BCUT2D eigenvalue weighted by atomic mass is 28.4. The number of allylic oxidation sites excluding steroid dienone is 2. The molecule has 2 heterocycles. The van der Waals surface area contributed by atoms with E-state index >= 15 is 0 Å². The van der Waals surface area contributed by atoms with Gasteiger partial charge in [-0.05, 0) is 78.8 Å². The maximum Gasteiger partial charge on any atom is 0.250 e. The lowest BCUT2D eigenvalue weighted by Crippen LogP contribution is -2.41. The lowest BCUT2D eigenvalue weighted by molar-refractivity contribution is 0.213. The highest BCUT2D eigenvalue weighted by Gasteiger charge is 2.43. The molecule has 2 aliphatic rings. The van der Waals surface area contributed by atoms with E-state index in [2.05, 4.69) is 98.4 Å². The van der Waals surface area contributed by atoms with E-state index < -0.39 is 14.4 Å². The maximum absolute atomic E-state index is 12.1. The van der Waals surface area contributed by atoms with E-state index in [9.17, 15) is 5.11 Å². The molecule has 2 atom stereocenters. The monoisotopic (exact) mass is 563 g/mol. The lowest BCUT2D eigenvalue weighted by atomic mass is 9.71. The number of hydrogen-bond donors (Lipinski definition) is 1. The standard InChI is InChI=1S/C34H53N3O2Si/c1-21(2)29-28(30(38)22-19-35-31(36-20-22)32(3,4)5)27(23-16-17-34(9,10)18-25(23)37-29)24-14-13-15-26(24)39-40(11,12)33(6,7)8/h15,19-21,24,30,38H,13-14,16-18H2,1-12H3/t24-,30-/m1/s1. The average molecular weight is 564 g/mol. The minimum Gasteiger partial charge on any atom is -0.546 e. The van der Waals surface area contributed by atoms with Crippen LogP contribution >= 0.6 is 0 Å². The van der Waals surface area contributed by atoms with Gasteiger partial charge in [0.15, 0.2) is 0 Å². The van der Waals surface area contributed by atoms with Crippen LogP contribution in [-0.2, 0) is 22.7 Å². The molecule has 4 rings (SSSR count). The second-order valence-corrected chi connectivity index (χ2v) is 20.6. The van der Waals surface area contributed by atoms with Crippen molar-refractivity contribution in [3.05, 3.63) is 63.7 Å². The molecule has 5 nitrogen and oxygen atoms in total. The summed E-state index contributed by atoms with van der Waals surface area (Å²) in [4.78, 5) is 14.7. The summed E-state index contributed by atoms with van der Waals surface area (Å²) in [5, 5.41) is 12.2. The quantitative estimate of drug-likeness (QED) is 0.356. The number of hydrogen-bond acceptors (Lipinski definition) is 5. The first-order chi connectivity index (χ1) is 18.3. The third kappa shape index (κ3) is 6.08. The van der Waals surface area contributed by atoms with Crippen LogP contribution in [0, 0.1) is 5.41 Å². The molecule has 40 heavy (non-hydrogen) atoms. The SMILES string of the molecule is CC(C)c1nc2c(c([C@@H]3CCC=C3O[Si](C)(C)C(C)(C)C)c1[C@H](O)c1cnc(C(C)(C)C)nc1)CCC(C)(C)C2. The van der Waals surface area contributed by atoms with Crippen LogP contribution in [0.15, 0.2) is 24.2 Å². The number of rotatable bonds is 6. The summed E-state index contributed by atoms with van der Waals surface area (Å²) in [6, 6.07) is 0. The van der Waals surface area contributed by atoms with Crippen molar-refractivity contribution in [1.82, 2.24) is 15.0 Å². The maximum atomic E-state index is 12.1. The molecule has 2 aromatic heterocycles. The molecule has 2 aliphatic carbocycles. The van der Waals surface area contributed by atoms with E-state index in [1.165, 1.54) is 16.8 Å². The van der Waals surface area contributed by atoms with Crippen molar-refractivity contribution in [3.8, 4) is 0 Å². The van der Waals surface area contributed by atoms with Gasteiger partial charge in [-0.25, -0.2) is 9.97 Å². The Bertz CT molecular complexity index is 1260. The van der Waals surface area contributed by atoms with Crippen LogP contribution in [-0.4, -0.2) is 28.4 Å². The zero-order valence-electron chi connectivity index (χ0n) is 27.2. The minimum atomic E-state index is -2.04. The van der Waals surface area contributed by atoms with Crippen molar-refractivity contribution in [1.29, 1.82) is 0 Å². The molecular weight excluding hydrogens is 510 g/mol. The summed E-state index contributed by atoms with van der Waals surface area (Å²) in [6.07, 6.45) is 10.1. The fraction of sp³-hybridized carbons (Fsp3) is 0.676. The van der Waals surface area contributed by atoms with E-state index in [4.69, 9.17) is 9.41 Å². The first kappa shape index (κ1) is 30.9. The van der Waals surface area contributed by atoms with Crippen LogP contribution in [0.2, 0.25) is 18.1 Å². The Balaban J connectivity index is 1.92. The van der Waals surface area contributed by atoms with Crippen molar-refractivity contribution < 1.29 is 9.53 Å². The molecule has 0 fully saturated rings. The number of fused-ring (bicyclic) bond motifs is 1. The fourth-order valence-electron chi connectivity index (χ4n) is 5.84. The normalized spacial score (nSPS) is 20.4. The molecule has 220 valence electrons.